The minimum Gasteiger partial charge on any atom is -0.388 e. The monoisotopic (exact) mass is 314 g/mol. The summed E-state index contributed by atoms with van der Waals surface area (Å²) in [7, 11) is -2.72. The number of hydrogen-bond acceptors (Lipinski definition) is 6. The molecule has 0 saturated carbocycles. The summed E-state index contributed by atoms with van der Waals surface area (Å²) in [4.78, 5) is 24.9. The van der Waals surface area contributed by atoms with Crippen molar-refractivity contribution in [2.24, 2.45) is 0 Å². The predicted octanol–water partition coefficient (Wildman–Crippen LogP) is -0.189. The van der Waals surface area contributed by atoms with Gasteiger partial charge in [-0.1, -0.05) is 0 Å². The van der Waals surface area contributed by atoms with E-state index in [1.165, 1.54) is 27.6 Å². The highest BCUT2D eigenvalue weighted by Gasteiger charge is 2.37. The molecular weight excluding hydrogens is 301 g/mol. The number of nitrogens with zero attached hydrogens (tertiary/aromatic N) is 3. The third-order valence-corrected chi connectivity index (χ3v) is 3.66. The van der Waals surface area contributed by atoms with E-state index in [1.807, 2.05) is 0 Å². The zero-order valence-electron chi connectivity index (χ0n) is 10.8. The average Bonchev–Trinajstić information content (AvgIpc) is 3.04. The number of aliphatic hydroxyl groups excluding tert-OH is 1. The van der Waals surface area contributed by atoms with Crippen LogP contribution >= 0.6 is 8.25 Å². The Kier molecular flexibility index (Phi) is 3.83. The van der Waals surface area contributed by atoms with Crippen molar-refractivity contribution in [2.75, 3.05) is 6.61 Å². The van der Waals surface area contributed by atoms with Gasteiger partial charge in [0.15, 0.2) is 6.23 Å². The van der Waals surface area contributed by atoms with E-state index in [2.05, 4.69) is 9.51 Å². The van der Waals surface area contributed by atoms with Gasteiger partial charge < -0.3 is 9.84 Å². The van der Waals surface area contributed by atoms with E-state index in [-0.39, 0.29) is 18.7 Å². The number of fused-ring (bicyclic) bond motifs is 1. The number of hydrogen-bond donors (Lipinski definition) is 2. The van der Waals surface area contributed by atoms with Gasteiger partial charge in [-0.25, -0.2) is 9.78 Å². The molecule has 1 saturated heterocycles. The fourth-order valence-corrected chi connectivity index (χ4v) is 2.66. The lowest BCUT2D eigenvalue weighted by molar-refractivity contribution is -0.0504. The van der Waals surface area contributed by atoms with Crippen molar-refractivity contribution in [3.63, 3.8) is 0 Å². The number of aromatic nitrogens is 3. The Morgan fingerprint density at radius 2 is 2.33 bits per heavy atom. The van der Waals surface area contributed by atoms with Crippen LogP contribution in [0.15, 0.2) is 29.5 Å². The van der Waals surface area contributed by atoms with Crippen LogP contribution in [0, 0.1) is 0 Å². The van der Waals surface area contributed by atoms with Gasteiger partial charge in [0.25, 0.3) is 0 Å². The lowest BCUT2D eigenvalue weighted by Gasteiger charge is -2.17. The molecule has 0 amide bonds. The molecule has 21 heavy (non-hydrogen) atoms. The van der Waals surface area contributed by atoms with E-state index >= 15 is 0 Å². The fraction of sp³-hybridized carbons (Fsp3) is 0.455. The molecule has 1 fully saturated rings. The minimum atomic E-state index is -2.72. The number of aliphatic hydroxyl groups is 1. The van der Waals surface area contributed by atoms with Crippen LogP contribution in [0.2, 0.25) is 0 Å². The zero-order valence-corrected chi connectivity index (χ0v) is 11.7. The Labute approximate surface area is 119 Å². The highest BCUT2D eigenvalue weighted by atomic mass is 31.1. The first-order chi connectivity index (χ1) is 10.1. The van der Waals surface area contributed by atoms with E-state index in [9.17, 15) is 14.5 Å². The van der Waals surface area contributed by atoms with Gasteiger partial charge in [0.2, 0.25) is 0 Å². The Morgan fingerprint density at radius 3 is 3.10 bits per heavy atom. The van der Waals surface area contributed by atoms with E-state index in [0.29, 0.717) is 5.65 Å². The van der Waals surface area contributed by atoms with Gasteiger partial charge in [0, 0.05) is 29.6 Å². The summed E-state index contributed by atoms with van der Waals surface area (Å²) in [6, 6.07) is 1.63. The summed E-state index contributed by atoms with van der Waals surface area (Å²) in [5.41, 5.74) is 0.116. The summed E-state index contributed by atoms with van der Waals surface area (Å²) < 4.78 is 23.2. The van der Waals surface area contributed by atoms with Gasteiger partial charge in [-0.05, 0) is 6.07 Å². The van der Waals surface area contributed by atoms with Crippen LogP contribution in [0.25, 0.3) is 5.65 Å². The Balaban J connectivity index is 1.83. The Bertz CT molecular complexity index is 728. The average molecular weight is 314 g/mol. The first-order valence-electron chi connectivity index (χ1n) is 6.23. The van der Waals surface area contributed by atoms with Crippen molar-refractivity contribution in [2.45, 2.75) is 24.9 Å². The third-order valence-electron chi connectivity index (χ3n) is 3.29. The van der Waals surface area contributed by atoms with Gasteiger partial charge in [0.05, 0.1) is 6.10 Å². The molecule has 10 heteroatoms. The molecule has 9 nitrogen and oxygen atoms in total. The molecule has 0 aromatic carbocycles. The van der Waals surface area contributed by atoms with Crippen LogP contribution in [-0.2, 0) is 13.8 Å². The van der Waals surface area contributed by atoms with E-state index < -0.39 is 26.7 Å². The highest BCUT2D eigenvalue weighted by Crippen LogP contribution is 2.29. The second kappa shape index (κ2) is 5.63. The molecule has 112 valence electrons. The maximum atomic E-state index is 12.3. The molecule has 0 radical (unpaired) electrons. The quantitative estimate of drug-likeness (QED) is 0.751. The molecule has 0 bridgehead atoms. The maximum absolute atomic E-state index is 12.3. The van der Waals surface area contributed by atoms with Crippen molar-refractivity contribution < 1.29 is 23.8 Å². The molecule has 3 rings (SSSR count). The van der Waals surface area contributed by atoms with Gasteiger partial charge in [-0.15, -0.1) is 9.42 Å². The van der Waals surface area contributed by atoms with Gasteiger partial charge in [-0.2, -0.15) is 0 Å². The lowest BCUT2D eigenvalue weighted by atomic mass is 10.2. The second-order valence-corrected chi connectivity index (χ2v) is 5.38. The molecule has 2 unspecified atom stereocenters. The van der Waals surface area contributed by atoms with Gasteiger partial charge >= 0.3 is 13.9 Å². The predicted molar refractivity (Wildman–Crippen MR) is 69.8 cm³/mol. The number of rotatable bonds is 4. The summed E-state index contributed by atoms with van der Waals surface area (Å²) in [5, 5.41) is 10.0. The molecule has 0 aliphatic carbocycles. The van der Waals surface area contributed by atoms with Gasteiger partial charge in [0.1, 0.15) is 18.4 Å². The maximum Gasteiger partial charge on any atom is 0.694 e. The van der Waals surface area contributed by atoms with Gasteiger partial charge in [-0.3, -0.25) is 8.97 Å². The molecule has 1 aliphatic rings. The van der Waals surface area contributed by atoms with Crippen molar-refractivity contribution in [1.82, 2.24) is 14.0 Å². The Morgan fingerprint density at radius 1 is 1.52 bits per heavy atom. The smallest absolute Gasteiger partial charge is 0.388 e. The minimum absolute atomic E-state index is 0.124. The van der Waals surface area contributed by atoms with Crippen LogP contribution in [0.5, 0.6) is 0 Å². The van der Waals surface area contributed by atoms with E-state index in [1.54, 1.807) is 6.07 Å². The summed E-state index contributed by atoms with van der Waals surface area (Å²) in [6.07, 6.45) is 2.40. The molecule has 4 atom stereocenters. The van der Waals surface area contributed by atoms with Crippen molar-refractivity contribution in [1.29, 1.82) is 0 Å². The molecule has 2 aromatic rings. The summed E-state index contributed by atoms with van der Waals surface area (Å²) in [5.74, 6) is 0. The number of ether oxygens (including phenoxy) is 1. The normalized spacial score (nSPS) is 26.4. The zero-order chi connectivity index (χ0) is 15.0. The van der Waals surface area contributed by atoms with Crippen LogP contribution in [0.4, 0.5) is 0 Å². The largest absolute Gasteiger partial charge is 0.694 e. The topological polar surface area (TPSA) is 115 Å². The lowest BCUT2D eigenvalue weighted by Crippen LogP contribution is -2.33. The standard InChI is InChI=1S/C11H12N3O6P/c15-8-5-7(6-19-21(17)18)20-10(8)14-3-1-9-12-2-4-13(9)11(14)16/h1-4,7-8,10,15H,5-6H2/p+1/t7-,8?,10+/m0/s1. The van der Waals surface area contributed by atoms with Crippen LogP contribution in [0.3, 0.4) is 0 Å². The molecule has 2 aromatic heterocycles. The summed E-state index contributed by atoms with van der Waals surface area (Å²) >= 11 is 0. The van der Waals surface area contributed by atoms with Crippen molar-refractivity contribution >= 4 is 13.9 Å². The molecule has 0 spiro atoms. The first-order valence-corrected chi connectivity index (χ1v) is 7.36. The molecule has 2 N–H and O–H groups in total. The third kappa shape index (κ3) is 2.74. The first kappa shape index (κ1) is 14.3. The molecule has 1 aliphatic heterocycles. The molecule has 3 heterocycles. The van der Waals surface area contributed by atoms with Crippen molar-refractivity contribution in [3.05, 3.63) is 35.1 Å². The van der Waals surface area contributed by atoms with Crippen molar-refractivity contribution in [3.8, 4) is 0 Å². The number of imidazole rings is 1. The highest BCUT2D eigenvalue weighted by molar-refractivity contribution is 7.32. The second-order valence-electron chi connectivity index (χ2n) is 4.65. The summed E-state index contributed by atoms with van der Waals surface area (Å²) in [6.45, 7) is -0.124. The fourth-order valence-electron chi connectivity index (χ4n) is 2.36. The SMILES string of the molecule is O=c1n([C@@H]2O[C@H](CO[P+](=O)O)CC2O)ccc2nccn12. The Hall–Kier alpha value is -1.64. The van der Waals surface area contributed by atoms with Crippen LogP contribution in [-0.4, -0.2) is 42.8 Å². The van der Waals surface area contributed by atoms with Crippen LogP contribution in [0.1, 0.15) is 12.6 Å². The van der Waals surface area contributed by atoms with E-state index in [0.717, 1.165) is 0 Å². The van der Waals surface area contributed by atoms with E-state index in [4.69, 9.17) is 9.63 Å². The molecular formula is C11H13N3O6P+. The van der Waals surface area contributed by atoms with Crippen LogP contribution < -0.4 is 5.69 Å².